The zero-order valence-electron chi connectivity index (χ0n) is 17.8. The summed E-state index contributed by atoms with van der Waals surface area (Å²) in [7, 11) is 0. The Morgan fingerprint density at radius 1 is 1.31 bits per heavy atom. The maximum Gasteiger partial charge on any atom is 0.282 e. The minimum absolute atomic E-state index is 0.273. The molecule has 0 aliphatic rings. The zero-order chi connectivity index (χ0) is 23.3. The summed E-state index contributed by atoms with van der Waals surface area (Å²) in [6, 6.07) is 8.88. The first-order chi connectivity index (χ1) is 15.3. The molecule has 3 rings (SSSR count). The van der Waals surface area contributed by atoms with Crippen LogP contribution in [-0.2, 0) is 11.2 Å². The number of fused-ring (bicyclic) bond motifs is 1. The number of hydrogen-bond acceptors (Lipinski definition) is 6. The molecule has 3 aromatic rings. The number of halogens is 1. The predicted octanol–water partition coefficient (Wildman–Crippen LogP) is 3.34. The van der Waals surface area contributed by atoms with Crippen molar-refractivity contribution >= 4 is 39.0 Å². The minimum atomic E-state index is -0.590. The number of aryl methyl sites for hydroxylation is 1. The summed E-state index contributed by atoms with van der Waals surface area (Å²) in [5.41, 5.74) is 6.97. The van der Waals surface area contributed by atoms with Crippen LogP contribution in [0.4, 0.5) is 0 Å². The van der Waals surface area contributed by atoms with E-state index in [-0.39, 0.29) is 12.2 Å². The van der Waals surface area contributed by atoms with Crippen LogP contribution in [0.5, 0.6) is 11.5 Å². The summed E-state index contributed by atoms with van der Waals surface area (Å²) in [6.07, 6.45) is 3.73. The molecule has 0 saturated carbocycles. The lowest BCUT2D eigenvalue weighted by Crippen LogP contribution is -2.21. The quantitative estimate of drug-likeness (QED) is 0.359. The Morgan fingerprint density at radius 3 is 2.78 bits per heavy atom. The molecule has 0 unspecified atom stereocenters. The molecule has 0 aliphatic carbocycles. The number of hydrogen-bond donors (Lipinski definition) is 1. The Morgan fingerprint density at radius 2 is 2.09 bits per heavy atom. The van der Waals surface area contributed by atoms with Gasteiger partial charge in [-0.2, -0.15) is 9.78 Å². The fourth-order valence-corrected chi connectivity index (χ4v) is 3.52. The largest absolute Gasteiger partial charge is 0.490 e. The van der Waals surface area contributed by atoms with Crippen molar-refractivity contribution in [2.45, 2.75) is 20.3 Å². The molecule has 0 saturated heterocycles. The molecule has 1 amide bonds. The Labute approximate surface area is 193 Å². The highest BCUT2D eigenvalue weighted by Crippen LogP contribution is 2.33. The van der Waals surface area contributed by atoms with E-state index in [9.17, 15) is 9.59 Å². The Bertz CT molecular complexity index is 1270. The number of rotatable bonds is 9. The van der Waals surface area contributed by atoms with Crippen LogP contribution in [0.2, 0.25) is 0 Å². The highest BCUT2D eigenvalue weighted by atomic mass is 79.9. The highest BCUT2D eigenvalue weighted by Gasteiger charge is 2.14. The maximum atomic E-state index is 13.0. The Hall–Kier alpha value is -3.46. The van der Waals surface area contributed by atoms with E-state index in [1.807, 2.05) is 19.1 Å². The third-order valence-corrected chi connectivity index (χ3v) is 4.96. The van der Waals surface area contributed by atoms with Gasteiger partial charge in [-0.1, -0.05) is 22.0 Å². The van der Waals surface area contributed by atoms with Gasteiger partial charge in [0, 0.05) is 10.0 Å². The molecule has 0 bridgehead atoms. The van der Waals surface area contributed by atoms with E-state index in [1.54, 1.807) is 37.4 Å². The molecular weight excluding hydrogens is 476 g/mol. The standard InChI is InChI=1S/C23H23BrN4O4/c1-4-6-16-9-15(10-20(31-5-2)22(16)32-13-21(25)29)12-26-28-14(3)27-19-8-7-17(24)11-18(19)23(28)30/h4,7-12H,1,5-6,13H2,2-3H3,(H2,25,29)/b26-12-. The summed E-state index contributed by atoms with van der Waals surface area (Å²) in [4.78, 5) is 28.6. The molecule has 1 aromatic heterocycles. The van der Waals surface area contributed by atoms with E-state index in [0.29, 0.717) is 46.8 Å². The van der Waals surface area contributed by atoms with Gasteiger partial charge in [-0.05, 0) is 56.2 Å². The van der Waals surface area contributed by atoms with Crippen molar-refractivity contribution in [2.24, 2.45) is 10.8 Å². The molecule has 166 valence electrons. The number of allylic oxidation sites excluding steroid dienone is 1. The van der Waals surface area contributed by atoms with Crippen molar-refractivity contribution < 1.29 is 14.3 Å². The molecule has 1 heterocycles. The van der Waals surface area contributed by atoms with Gasteiger partial charge in [0.1, 0.15) is 5.82 Å². The normalized spacial score (nSPS) is 11.1. The lowest BCUT2D eigenvalue weighted by Gasteiger charge is -2.16. The van der Waals surface area contributed by atoms with Crippen molar-refractivity contribution in [3.05, 3.63) is 74.8 Å². The average Bonchev–Trinajstić information content (AvgIpc) is 2.74. The lowest BCUT2D eigenvalue weighted by molar-refractivity contribution is -0.119. The Kier molecular flexibility index (Phi) is 7.42. The first-order valence-corrected chi connectivity index (χ1v) is 10.7. The van der Waals surface area contributed by atoms with E-state index < -0.39 is 5.91 Å². The summed E-state index contributed by atoms with van der Waals surface area (Å²) in [6.45, 7) is 7.45. The fourth-order valence-electron chi connectivity index (χ4n) is 3.16. The lowest BCUT2D eigenvalue weighted by atomic mass is 10.1. The number of ether oxygens (including phenoxy) is 2. The number of carbonyl (C=O) groups is 1. The number of nitrogens with zero attached hydrogens (tertiary/aromatic N) is 3. The van der Waals surface area contributed by atoms with Gasteiger partial charge in [0.05, 0.1) is 23.7 Å². The van der Waals surface area contributed by atoms with Gasteiger partial charge in [0.2, 0.25) is 0 Å². The van der Waals surface area contributed by atoms with Gasteiger partial charge in [-0.3, -0.25) is 9.59 Å². The van der Waals surface area contributed by atoms with Crippen LogP contribution in [0.25, 0.3) is 10.9 Å². The third kappa shape index (κ3) is 5.23. The molecule has 0 atom stereocenters. The summed E-state index contributed by atoms with van der Waals surface area (Å²) in [5, 5.41) is 4.82. The molecular formula is C23H23BrN4O4. The number of primary amides is 1. The van der Waals surface area contributed by atoms with Crippen molar-refractivity contribution in [1.29, 1.82) is 0 Å². The molecule has 0 aliphatic heterocycles. The predicted molar refractivity (Wildman–Crippen MR) is 128 cm³/mol. The molecule has 8 nitrogen and oxygen atoms in total. The number of nitrogens with two attached hydrogens (primary N) is 1. The van der Waals surface area contributed by atoms with Crippen LogP contribution >= 0.6 is 15.9 Å². The number of aromatic nitrogens is 2. The van der Waals surface area contributed by atoms with E-state index in [4.69, 9.17) is 15.2 Å². The van der Waals surface area contributed by atoms with E-state index in [2.05, 4.69) is 32.6 Å². The van der Waals surface area contributed by atoms with E-state index in [1.165, 1.54) is 4.68 Å². The monoisotopic (exact) mass is 498 g/mol. The first-order valence-electron chi connectivity index (χ1n) is 9.89. The van der Waals surface area contributed by atoms with Crippen molar-refractivity contribution in [2.75, 3.05) is 13.2 Å². The van der Waals surface area contributed by atoms with Crippen molar-refractivity contribution in [3.8, 4) is 11.5 Å². The van der Waals surface area contributed by atoms with Crippen LogP contribution < -0.4 is 20.8 Å². The highest BCUT2D eigenvalue weighted by molar-refractivity contribution is 9.10. The molecule has 2 N–H and O–H groups in total. The van der Waals surface area contributed by atoms with Crippen LogP contribution in [0, 0.1) is 6.92 Å². The molecule has 0 radical (unpaired) electrons. The van der Waals surface area contributed by atoms with Gasteiger partial charge in [-0.25, -0.2) is 4.98 Å². The topological polar surface area (TPSA) is 109 Å². The molecule has 32 heavy (non-hydrogen) atoms. The second-order valence-corrected chi connectivity index (χ2v) is 7.79. The molecule has 0 fully saturated rings. The summed E-state index contributed by atoms with van der Waals surface area (Å²) < 4.78 is 13.3. The zero-order valence-corrected chi connectivity index (χ0v) is 19.4. The van der Waals surface area contributed by atoms with E-state index >= 15 is 0 Å². The maximum absolute atomic E-state index is 13.0. The number of carbonyl (C=O) groups excluding carboxylic acids is 1. The Balaban J connectivity index is 2.07. The SMILES string of the molecule is C=CCc1cc(/C=N\n2c(C)nc3ccc(Br)cc3c2=O)cc(OCC)c1OCC(N)=O. The van der Waals surface area contributed by atoms with Crippen LogP contribution in [0.3, 0.4) is 0 Å². The van der Waals surface area contributed by atoms with E-state index in [0.717, 1.165) is 10.0 Å². The van der Waals surface area contributed by atoms with Crippen LogP contribution in [0.15, 0.2) is 57.4 Å². The number of benzene rings is 2. The van der Waals surface area contributed by atoms with Gasteiger partial charge < -0.3 is 15.2 Å². The van der Waals surface area contributed by atoms with Gasteiger partial charge >= 0.3 is 0 Å². The fraction of sp³-hybridized carbons (Fsp3) is 0.217. The van der Waals surface area contributed by atoms with Gasteiger partial charge in [-0.15, -0.1) is 6.58 Å². The smallest absolute Gasteiger partial charge is 0.282 e. The number of amides is 1. The van der Waals surface area contributed by atoms with Crippen LogP contribution in [0.1, 0.15) is 23.9 Å². The molecule has 9 heteroatoms. The first kappa shape index (κ1) is 23.2. The molecule has 0 spiro atoms. The average molecular weight is 499 g/mol. The van der Waals surface area contributed by atoms with Gasteiger partial charge in [0.15, 0.2) is 18.1 Å². The summed E-state index contributed by atoms with van der Waals surface area (Å²) >= 11 is 3.38. The van der Waals surface area contributed by atoms with Gasteiger partial charge in [0.25, 0.3) is 11.5 Å². The second-order valence-electron chi connectivity index (χ2n) is 6.87. The van der Waals surface area contributed by atoms with Crippen molar-refractivity contribution in [1.82, 2.24) is 9.66 Å². The third-order valence-electron chi connectivity index (χ3n) is 4.47. The molecule has 2 aromatic carbocycles. The minimum Gasteiger partial charge on any atom is -0.490 e. The second kappa shape index (κ2) is 10.2. The van der Waals surface area contributed by atoms with Crippen LogP contribution in [-0.4, -0.2) is 35.0 Å². The van der Waals surface area contributed by atoms with Crippen molar-refractivity contribution in [3.63, 3.8) is 0 Å². The summed E-state index contributed by atoms with van der Waals surface area (Å²) in [5.74, 6) is 0.735.